The Morgan fingerprint density at radius 3 is 2.18 bits per heavy atom. The smallest absolute Gasteiger partial charge is 0.337 e. The molecular weight excluding hydrogens is 482 g/mol. The summed E-state index contributed by atoms with van der Waals surface area (Å²) in [4.78, 5) is 25.0. The molecule has 1 amide bonds. The number of hydrogen-bond acceptors (Lipinski definition) is 3. The number of ether oxygens (including phenoxy) is 1. The van der Waals surface area contributed by atoms with E-state index < -0.39 is 11.9 Å². The van der Waals surface area contributed by atoms with Crippen LogP contribution in [0.3, 0.4) is 0 Å². The average Bonchev–Trinajstić information content (AvgIpc) is 2.84. The lowest BCUT2D eigenvalue weighted by Gasteiger charge is -2.14. The molecule has 0 spiro atoms. The molecule has 164 valence electrons. The van der Waals surface area contributed by atoms with E-state index in [1.165, 1.54) is 6.07 Å². The van der Waals surface area contributed by atoms with Gasteiger partial charge in [0.2, 0.25) is 0 Å². The van der Waals surface area contributed by atoms with Crippen molar-refractivity contribution in [3.8, 4) is 16.9 Å². The second kappa shape index (κ2) is 10.1. The van der Waals surface area contributed by atoms with Crippen molar-refractivity contribution in [2.45, 2.75) is 6.61 Å². The second-order valence-corrected chi connectivity index (χ2v) is 8.22. The van der Waals surface area contributed by atoms with Gasteiger partial charge in [0.25, 0.3) is 5.91 Å². The highest BCUT2D eigenvalue weighted by atomic mass is 79.9. The van der Waals surface area contributed by atoms with Crippen LogP contribution in [-0.2, 0) is 6.61 Å². The number of benzene rings is 4. The second-order valence-electron chi connectivity index (χ2n) is 7.30. The van der Waals surface area contributed by atoms with E-state index in [9.17, 15) is 14.7 Å². The van der Waals surface area contributed by atoms with Crippen LogP contribution in [0.4, 0.5) is 5.69 Å². The fourth-order valence-electron chi connectivity index (χ4n) is 3.37. The number of amides is 1. The third kappa shape index (κ3) is 5.48. The molecule has 0 saturated heterocycles. The number of carboxylic acids is 1. The predicted molar refractivity (Wildman–Crippen MR) is 132 cm³/mol. The topological polar surface area (TPSA) is 75.6 Å². The van der Waals surface area contributed by atoms with Crippen LogP contribution in [0.1, 0.15) is 26.3 Å². The van der Waals surface area contributed by atoms with Gasteiger partial charge in [0.05, 0.1) is 16.8 Å². The van der Waals surface area contributed by atoms with E-state index in [1.54, 1.807) is 30.3 Å². The summed E-state index contributed by atoms with van der Waals surface area (Å²) in [5.41, 5.74) is 3.19. The van der Waals surface area contributed by atoms with Crippen LogP contribution in [0.2, 0.25) is 0 Å². The molecule has 0 atom stereocenters. The Morgan fingerprint density at radius 1 is 0.788 bits per heavy atom. The van der Waals surface area contributed by atoms with Crippen LogP contribution in [0.5, 0.6) is 5.75 Å². The molecule has 0 fully saturated rings. The SMILES string of the molecule is O=C(O)c1ccc(-c2ccccc2)cc1NC(=O)c1cc(Br)ccc1OCc1ccccc1. The van der Waals surface area contributed by atoms with Gasteiger partial charge in [-0.3, -0.25) is 4.79 Å². The molecule has 33 heavy (non-hydrogen) atoms. The van der Waals surface area contributed by atoms with E-state index in [1.807, 2.05) is 60.7 Å². The number of hydrogen-bond donors (Lipinski definition) is 2. The first-order chi connectivity index (χ1) is 16.0. The molecule has 0 radical (unpaired) electrons. The summed E-state index contributed by atoms with van der Waals surface area (Å²) >= 11 is 3.40. The average molecular weight is 502 g/mol. The summed E-state index contributed by atoms with van der Waals surface area (Å²) in [6.45, 7) is 0.298. The number of carboxylic acid groups (broad SMARTS) is 1. The van der Waals surface area contributed by atoms with E-state index in [4.69, 9.17) is 4.74 Å². The molecule has 4 rings (SSSR count). The maximum atomic E-state index is 13.2. The number of rotatable bonds is 7. The summed E-state index contributed by atoms with van der Waals surface area (Å²) in [5.74, 6) is -1.19. The number of aromatic carboxylic acids is 1. The molecule has 0 aliphatic heterocycles. The summed E-state index contributed by atoms with van der Waals surface area (Å²) in [6.07, 6.45) is 0. The van der Waals surface area contributed by atoms with Crippen LogP contribution in [0, 0.1) is 0 Å². The van der Waals surface area contributed by atoms with Crippen LogP contribution < -0.4 is 10.1 Å². The Bertz CT molecular complexity index is 1290. The number of halogens is 1. The third-order valence-electron chi connectivity index (χ3n) is 5.03. The van der Waals surface area contributed by atoms with Crippen LogP contribution in [0.15, 0.2) is 102 Å². The molecule has 0 unspecified atom stereocenters. The monoisotopic (exact) mass is 501 g/mol. The van der Waals surface area contributed by atoms with Gasteiger partial charge in [-0.05, 0) is 47.0 Å². The lowest BCUT2D eigenvalue weighted by molar-refractivity contribution is 0.0698. The third-order valence-corrected chi connectivity index (χ3v) is 5.52. The standard InChI is InChI=1S/C27H20BrNO4/c28-21-12-14-25(33-17-18-7-3-1-4-8-18)23(16-21)26(30)29-24-15-20(11-13-22(24)27(31)32)19-9-5-2-6-10-19/h1-16H,17H2,(H,29,30)(H,31,32). The predicted octanol–water partition coefficient (Wildman–Crippen LogP) is 6.65. The van der Waals surface area contributed by atoms with Crippen molar-refractivity contribution in [1.29, 1.82) is 0 Å². The number of carbonyl (C=O) groups excluding carboxylic acids is 1. The minimum Gasteiger partial charge on any atom is -0.488 e. The number of anilines is 1. The molecular formula is C27H20BrNO4. The van der Waals surface area contributed by atoms with Gasteiger partial charge in [0, 0.05) is 4.47 Å². The highest BCUT2D eigenvalue weighted by Crippen LogP contribution is 2.29. The lowest BCUT2D eigenvalue weighted by atomic mass is 10.0. The quantitative estimate of drug-likeness (QED) is 0.297. The fraction of sp³-hybridized carbons (Fsp3) is 0.0370. The minimum absolute atomic E-state index is 0.00443. The molecule has 4 aromatic rings. The Morgan fingerprint density at radius 2 is 1.48 bits per heavy atom. The molecule has 5 nitrogen and oxygen atoms in total. The van der Waals surface area contributed by atoms with E-state index >= 15 is 0 Å². The molecule has 4 aromatic carbocycles. The zero-order valence-corrected chi connectivity index (χ0v) is 19.1. The van der Waals surface area contributed by atoms with Crippen molar-refractivity contribution in [2.24, 2.45) is 0 Å². The van der Waals surface area contributed by atoms with Crippen LogP contribution in [-0.4, -0.2) is 17.0 Å². The molecule has 0 aliphatic carbocycles. The minimum atomic E-state index is -1.13. The van der Waals surface area contributed by atoms with Crippen molar-refractivity contribution in [2.75, 3.05) is 5.32 Å². The molecule has 2 N–H and O–H groups in total. The molecule has 0 saturated carbocycles. The lowest BCUT2D eigenvalue weighted by Crippen LogP contribution is -2.16. The first kappa shape index (κ1) is 22.3. The van der Waals surface area contributed by atoms with Gasteiger partial charge in [-0.25, -0.2) is 4.79 Å². The van der Waals surface area contributed by atoms with Crippen molar-refractivity contribution in [3.63, 3.8) is 0 Å². The van der Waals surface area contributed by atoms with Gasteiger partial charge < -0.3 is 15.2 Å². The molecule has 0 aromatic heterocycles. The van der Waals surface area contributed by atoms with Gasteiger partial charge in [0.1, 0.15) is 12.4 Å². The van der Waals surface area contributed by atoms with E-state index in [-0.39, 0.29) is 11.3 Å². The van der Waals surface area contributed by atoms with Gasteiger partial charge in [0.15, 0.2) is 0 Å². The molecule has 0 aliphatic rings. The zero-order chi connectivity index (χ0) is 23.2. The van der Waals surface area contributed by atoms with E-state index in [0.717, 1.165) is 16.7 Å². The first-order valence-electron chi connectivity index (χ1n) is 10.2. The normalized spacial score (nSPS) is 10.5. The fourth-order valence-corrected chi connectivity index (χ4v) is 3.74. The first-order valence-corrected chi connectivity index (χ1v) is 11.0. The van der Waals surface area contributed by atoms with Gasteiger partial charge in [-0.15, -0.1) is 0 Å². The van der Waals surface area contributed by atoms with Gasteiger partial charge in [-0.1, -0.05) is 82.7 Å². The Kier molecular flexibility index (Phi) is 6.86. The molecule has 6 heteroatoms. The van der Waals surface area contributed by atoms with Crippen molar-refractivity contribution in [1.82, 2.24) is 0 Å². The number of carbonyl (C=O) groups is 2. The number of nitrogens with one attached hydrogen (secondary N) is 1. The van der Waals surface area contributed by atoms with E-state index in [2.05, 4.69) is 21.2 Å². The summed E-state index contributed by atoms with van der Waals surface area (Å²) < 4.78 is 6.61. The van der Waals surface area contributed by atoms with Crippen LogP contribution >= 0.6 is 15.9 Å². The van der Waals surface area contributed by atoms with Crippen molar-refractivity contribution in [3.05, 3.63) is 118 Å². The molecule has 0 heterocycles. The summed E-state index contributed by atoms with van der Waals surface area (Å²) in [6, 6.07) is 29.2. The molecule has 0 bridgehead atoms. The Hall–Kier alpha value is -3.90. The van der Waals surface area contributed by atoms with Crippen LogP contribution in [0.25, 0.3) is 11.1 Å². The van der Waals surface area contributed by atoms with Gasteiger partial charge in [-0.2, -0.15) is 0 Å². The van der Waals surface area contributed by atoms with Crippen molar-refractivity contribution < 1.29 is 19.4 Å². The van der Waals surface area contributed by atoms with Gasteiger partial charge >= 0.3 is 5.97 Å². The summed E-state index contributed by atoms with van der Waals surface area (Å²) in [5, 5.41) is 12.4. The summed E-state index contributed by atoms with van der Waals surface area (Å²) in [7, 11) is 0. The van der Waals surface area contributed by atoms with E-state index in [0.29, 0.717) is 22.4 Å². The highest BCUT2D eigenvalue weighted by molar-refractivity contribution is 9.10. The Labute approximate surface area is 199 Å². The maximum Gasteiger partial charge on any atom is 0.337 e. The highest BCUT2D eigenvalue weighted by Gasteiger charge is 2.18. The van der Waals surface area contributed by atoms with Crippen molar-refractivity contribution >= 4 is 33.5 Å². The zero-order valence-electron chi connectivity index (χ0n) is 17.5. The largest absolute Gasteiger partial charge is 0.488 e. The Balaban J connectivity index is 1.64. The maximum absolute atomic E-state index is 13.2.